The van der Waals surface area contributed by atoms with E-state index in [2.05, 4.69) is 15.9 Å². The highest BCUT2D eigenvalue weighted by atomic mass is 79.9. The van der Waals surface area contributed by atoms with Gasteiger partial charge in [0.25, 0.3) is 16.8 Å². The van der Waals surface area contributed by atoms with Crippen molar-refractivity contribution in [3.63, 3.8) is 0 Å². The van der Waals surface area contributed by atoms with Gasteiger partial charge in [-0.3, -0.25) is 29.4 Å². The number of thioether (sulfide) groups is 1. The standard InChI is InChI=1S/C14H11BrN2O7S/c1-2-24-11(18)6-16-13(20)10(25-14(16)21)4-7-3-8(17(22)23)5-9(15)12(7)19/h3-5,19H,2,6H2,1H3/b10-4+. The molecule has 1 aromatic rings. The number of esters is 1. The van der Waals surface area contributed by atoms with Crippen molar-refractivity contribution in [2.24, 2.45) is 0 Å². The Balaban J connectivity index is 2.33. The summed E-state index contributed by atoms with van der Waals surface area (Å²) in [6.45, 7) is 1.18. The van der Waals surface area contributed by atoms with E-state index >= 15 is 0 Å². The molecule has 0 unspecified atom stereocenters. The number of amides is 2. The summed E-state index contributed by atoms with van der Waals surface area (Å²) in [5, 5.41) is 20.2. The predicted molar refractivity (Wildman–Crippen MR) is 91.8 cm³/mol. The molecule has 2 rings (SSSR count). The smallest absolute Gasteiger partial charge is 0.326 e. The van der Waals surface area contributed by atoms with E-state index in [1.54, 1.807) is 6.92 Å². The Morgan fingerprint density at radius 1 is 1.48 bits per heavy atom. The molecule has 1 N–H and O–H groups in total. The number of aromatic hydroxyl groups is 1. The largest absolute Gasteiger partial charge is 0.506 e. The highest BCUT2D eigenvalue weighted by Crippen LogP contribution is 2.37. The van der Waals surface area contributed by atoms with Gasteiger partial charge in [0.1, 0.15) is 12.3 Å². The monoisotopic (exact) mass is 430 g/mol. The first kappa shape index (κ1) is 18.9. The molecule has 1 aliphatic rings. The van der Waals surface area contributed by atoms with Gasteiger partial charge >= 0.3 is 5.97 Å². The average molecular weight is 431 g/mol. The molecule has 1 aromatic carbocycles. The van der Waals surface area contributed by atoms with Gasteiger partial charge in [0.15, 0.2) is 0 Å². The molecule has 9 nitrogen and oxygen atoms in total. The number of hydrogen-bond donors (Lipinski definition) is 1. The van der Waals surface area contributed by atoms with Crippen molar-refractivity contribution in [2.75, 3.05) is 13.2 Å². The maximum atomic E-state index is 12.3. The lowest BCUT2D eigenvalue weighted by Crippen LogP contribution is -2.34. The first-order chi connectivity index (χ1) is 11.7. The van der Waals surface area contributed by atoms with Crippen LogP contribution in [0.3, 0.4) is 0 Å². The maximum absolute atomic E-state index is 12.3. The molecule has 0 atom stereocenters. The van der Waals surface area contributed by atoms with Gasteiger partial charge in [-0.25, -0.2) is 0 Å². The zero-order valence-electron chi connectivity index (χ0n) is 12.7. The van der Waals surface area contributed by atoms with Crippen molar-refractivity contribution in [3.8, 4) is 5.75 Å². The Kier molecular flexibility index (Phi) is 5.80. The zero-order valence-corrected chi connectivity index (χ0v) is 15.1. The van der Waals surface area contributed by atoms with E-state index in [4.69, 9.17) is 4.74 Å². The van der Waals surface area contributed by atoms with Crippen molar-refractivity contribution in [1.82, 2.24) is 4.90 Å². The number of nitro groups is 1. The Bertz CT molecular complexity index is 809. The van der Waals surface area contributed by atoms with Crippen LogP contribution >= 0.6 is 27.7 Å². The summed E-state index contributed by atoms with van der Waals surface area (Å²) in [7, 11) is 0. The number of phenolic OH excluding ortho intramolecular Hbond substituents is 1. The van der Waals surface area contributed by atoms with Gasteiger partial charge in [0, 0.05) is 17.7 Å². The number of nitro benzene ring substituents is 1. The number of hydrogen-bond acceptors (Lipinski definition) is 8. The molecule has 1 aliphatic heterocycles. The number of nitrogens with zero attached hydrogens (tertiary/aromatic N) is 2. The number of ether oxygens (including phenoxy) is 1. The van der Waals surface area contributed by atoms with E-state index in [9.17, 15) is 29.6 Å². The first-order valence-corrected chi connectivity index (χ1v) is 8.43. The van der Waals surface area contributed by atoms with Gasteiger partial charge < -0.3 is 9.84 Å². The second kappa shape index (κ2) is 7.66. The third-order valence-electron chi connectivity index (χ3n) is 3.04. The minimum atomic E-state index is -0.745. The Morgan fingerprint density at radius 2 is 2.16 bits per heavy atom. The summed E-state index contributed by atoms with van der Waals surface area (Å²) >= 11 is 3.55. The molecule has 132 valence electrons. The molecule has 0 saturated carbocycles. The predicted octanol–water partition coefficient (Wildman–Crippen LogP) is 2.66. The summed E-state index contributed by atoms with van der Waals surface area (Å²) in [6.07, 6.45) is 1.16. The Morgan fingerprint density at radius 3 is 2.76 bits per heavy atom. The Labute approximate surface area is 153 Å². The third-order valence-corrected chi connectivity index (χ3v) is 4.55. The van der Waals surface area contributed by atoms with Gasteiger partial charge in [-0.2, -0.15) is 0 Å². The fourth-order valence-electron chi connectivity index (χ4n) is 1.93. The fourth-order valence-corrected chi connectivity index (χ4v) is 3.23. The lowest BCUT2D eigenvalue weighted by molar-refractivity contribution is -0.385. The summed E-state index contributed by atoms with van der Waals surface area (Å²) in [6, 6.07) is 2.18. The molecule has 1 saturated heterocycles. The molecule has 1 heterocycles. The van der Waals surface area contributed by atoms with E-state index in [1.807, 2.05) is 0 Å². The first-order valence-electron chi connectivity index (χ1n) is 6.82. The number of benzene rings is 1. The molecule has 0 aliphatic carbocycles. The molecule has 0 aromatic heterocycles. The molecular weight excluding hydrogens is 420 g/mol. The van der Waals surface area contributed by atoms with E-state index in [-0.39, 0.29) is 33.0 Å². The van der Waals surface area contributed by atoms with Crippen molar-refractivity contribution in [2.45, 2.75) is 6.92 Å². The number of carbonyl (C=O) groups excluding carboxylic acids is 3. The van der Waals surface area contributed by atoms with Gasteiger partial charge in [-0.05, 0) is 40.7 Å². The van der Waals surface area contributed by atoms with E-state index in [0.29, 0.717) is 16.7 Å². The van der Waals surface area contributed by atoms with Crippen LogP contribution in [0.25, 0.3) is 6.08 Å². The van der Waals surface area contributed by atoms with Gasteiger partial charge in [-0.15, -0.1) is 0 Å². The summed E-state index contributed by atoms with van der Waals surface area (Å²) in [5.74, 6) is -1.79. The summed E-state index contributed by atoms with van der Waals surface area (Å²) in [4.78, 5) is 46.5. The van der Waals surface area contributed by atoms with Crippen LogP contribution in [0.2, 0.25) is 0 Å². The molecule has 25 heavy (non-hydrogen) atoms. The van der Waals surface area contributed by atoms with E-state index in [1.165, 1.54) is 0 Å². The molecular formula is C14H11BrN2O7S. The van der Waals surface area contributed by atoms with Crippen LogP contribution < -0.4 is 0 Å². The van der Waals surface area contributed by atoms with Crippen molar-refractivity contribution >= 4 is 56.6 Å². The molecule has 0 radical (unpaired) electrons. The quantitative estimate of drug-likeness (QED) is 0.326. The van der Waals surface area contributed by atoms with E-state index in [0.717, 1.165) is 18.2 Å². The average Bonchev–Trinajstić information content (AvgIpc) is 2.79. The Hall–Kier alpha value is -2.40. The number of rotatable bonds is 5. The molecule has 2 amide bonds. The third kappa shape index (κ3) is 4.17. The number of carbonyl (C=O) groups is 3. The molecule has 0 bridgehead atoms. The number of non-ortho nitro benzene ring substituents is 1. The molecule has 1 fully saturated rings. The minimum Gasteiger partial charge on any atom is -0.506 e. The van der Waals surface area contributed by atoms with Crippen LogP contribution in [0, 0.1) is 10.1 Å². The number of phenols is 1. The van der Waals surface area contributed by atoms with Gasteiger partial charge in [0.05, 0.1) is 20.9 Å². The van der Waals surface area contributed by atoms with Crippen LogP contribution in [-0.4, -0.2) is 45.2 Å². The number of imide groups is 1. The van der Waals surface area contributed by atoms with Crippen molar-refractivity contribution < 1.29 is 29.2 Å². The normalized spacial score (nSPS) is 15.8. The van der Waals surface area contributed by atoms with Crippen LogP contribution in [0.5, 0.6) is 5.75 Å². The summed E-state index contributed by atoms with van der Waals surface area (Å²) < 4.78 is 4.76. The fraction of sp³-hybridized carbons (Fsp3) is 0.214. The topological polar surface area (TPSA) is 127 Å². The highest BCUT2D eigenvalue weighted by molar-refractivity contribution is 9.10. The van der Waals surface area contributed by atoms with Crippen molar-refractivity contribution in [3.05, 3.63) is 37.2 Å². The lowest BCUT2D eigenvalue weighted by Gasteiger charge is -2.10. The number of halogens is 1. The van der Waals surface area contributed by atoms with E-state index < -0.39 is 28.6 Å². The highest BCUT2D eigenvalue weighted by Gasteiger charge is 2.37. The maximum Gasteiger partial charge on any atom is 0.326 e. The lowest BCUT2D eigenvalue weighted by atomic mass is 10.1. The van der Waals surface area contributed by atoms with Crippen molar-refractivity contribution in [1.29, 1.82) is 0 Å². The SMILES string of the molecule is CCOC(=O)CN1C(=O)S/C(=C/c2cc([N+](=O)[O-])cc(Br)c2O)C1=O. The second-order valence-electron chi connectivity index (χ2n) is 4.70. The van der Waals surface area contributed by atoms with Crippen LogP contribution in [0.4, 0.5) is 10.5 Å². The van der Waals surface area contributed by atoms with Gasteiger partial charge in [-0.1, -0.05) is 0 Å². The molecule has 11 heteroatoms. The second-order valence-corrected chi connectivity index (χ2v) is 6.54. The summed E-state index contributed by atoms with van der Waals surface area (Å²) in [5.41, 5.74) is -0.315. The van der Waals surface area contributed by atoms with Crippen LogP contribution in [0.1, 0.15) is 12.5 Å². The minimum absolute atomic E-state index is 0.0114. The van der Waals surface area contributed by atoms with Crippen LogP contribution in [0.15, 0.2) is 21.5 Å². The van der Waals surface area contributed by atoms with Crippen LogP contribution in [-0.2, 0) is 14.3 Å². The zero-order chi connectivity index (χ0) is 18.7. The molecule has 0 spiro atoms. The van der Waals surface area contributed by atoms with Gasteiger partial charge in [0.2, 0.25) is 0 Å².